The summed E-state index contributed by atoms with van der Waals surface area (Å²) >= 11 is 0. The molecule has 0 bridgehead atoms. The number of benzene rings is 2. The molecule has 0 spiro atoms. The van der Waals surface area contributed by atoms with E-state index >= 15 is 0 Å². The van der Waals surface area contributed by atoms with Crippen molar-refractivity contribution in [3.63, 3.8) is 0 Å². The normalized spacial score (nSPS) is 15.9. The minimum atomic E-state index is -4.66. The Balaban J connectivity index is 1.73. The fourth-order valence-electron chi connectivity index (χ4n) is 3.93. The lowest BCUT2D eigenvalue weighted by Gasteiger charge is -2.31. The largest absolute Gasteiger partial charge is 0.416 e. The molecule has 1 aliphatic carbocycles. The molecule has 2 aromatic rings. The monoisotopic (exact) mass is 483 g/mol. The number of halogens is 3. The van der Waals surface area contributed by atoms with Crippen LogP contribution in [0.3, 0.4) is 0 Å². The molecule has 1 fully saturated rings. The fourth-order valence-corrected chi connectivity index (χ4v) is 4.91. The molecule has 0 aromatic heterocycles. The van der Waals surface area contributed by atoms with Crippen molar-refractivity contribution in [3.8, 4) is 5.75 Å². The summed E-state index contributed by atoms with van der Waals surface area (Å²) in [5.41, 5.74) is -0.259. The summed E-state index contributed by atoms with van der Waals surface area (Å²) in [7, 11) is -4.44. The molecule has 1 aliphatic rings. The minimum absolute atomic E-state index is 0.0200. The molecule has 1 saturated carbocycles. The number of hydrogen-bond donors (Lipinski definition) is 0. The highest BCUT2D eigenvalue weighted by Gasteiger charge is 2.32. The Morgan fingerprint density at radius 3 is 2.33 bits per heavy atom. The molecule has 2 aromatic carbocycles. The predicted octanol–water partition coefficient (Wildman–Crippen LogP) is 5.79. The van der Waals surface area contributed by atoms with Gasteiger partial charge in [0.2, 0.25) is 5.91 Å². The zero-order chi connectivity index (χ0) is 24.2. The standard InChI is InChI=1S/C24H28F3NO4S/c1-3-17(2)28(23(29)19-7-4-5-8-19)16-18-11-13-21(14-12-18)32-33(30,31)22-10-6-9-20(15-22)24(25,26)27/h6,9-15,17,19H,3-5,7-8,16H2,1-2H3. The highest BCUT2D eigenvalue weighted by Crippen LogP contribution is 2.31. The van der Waals surface area contributed by atoms with Gasteiger partial charge in [-0.1, -0.05) is 38.0 Å². The molecule has 3 rings (SSSR count). The first-order valence-corrected chi connectivity index (χ1v) is 12.4. The van der Waals surface area contributed by atoms with Gasteiger partial charge in [-0.2, -0.15) is 21.6 Å². The van der Waals surface area contributed by atoms with Crippen molar-refractivity contribution in [1.82, 2.24) is 4.90 Å². The first kappa shape index (κ1) is 25.1. The Morgan fingerprint density at radius 1 is 1.12 bits per heavy atom. The Hall–Kier alpha value is -2.55. The van der Waals surface area contributed by atoms with E-state index in [1.807, 2.05) is 18.7 Å². The number of carbonyl (C=O) groups is 1. The second kappa shape index (κ2) is 10.2. The summed E-state index contributed by atoms with van der Waals surface area (Å²) in [6.07, 6.45) is 0.103. The number of amides is 1. The Labute approximate surface area is 192 Å². The van der Waals surface area contributed by atoms with Crippen molar-refractivity contribution in [1.29, 1.82) is 0 Å². The van der Waals surface area contributed by atoms with Gasteiger partial charge in [0.25, 0.3) is 0 Å². The van der Waals surface area contributed by atoms with Gasteiger partial charge in [0, 0.05) is 18.5 Å². The topological polar surface area (TPSA) is 63.7 Å². The molecule has 0 N–H and O–H groups in total. The molecular formula is C24H28F3NO4S. The summed E-state index contributed by atoms with van der Waals surface area (Å²) in [5.74, 6) is 0.182. The molecule has 0 heterocycles. The lowest BCUT2D eigenvalue weighted by Crippen LogP contribution is -2.40. The number of rotatable bonds is 8. The van der Waals surface area contributed by atoms with Crippen LogP contribution in [0, 0.1) is 5.92 Å². The van der Waals surface area contributed by atoms with Crippen LogP contribution in [0.1, 0.15) is 57.1 Å². The van der Waals surface area contributed by atoms with Crippen LogP contribution >= 0.6 is 0 Å². The van der Waals surface area contributed by atoms with E-state index in [2.05, 4.69) is 0 Å². The van der Waals surface area contributed by atoms with Crippen LogP contribution in [0.25, 0.3) is 0 Å². The van der Waals surface area contributed by atoms with Crippen molar-refractivity contribution in [2.75, 3.05) is 0 Å². The van der Waals surface area contributed by atoms with E-state index in [1.165, 1.54) is 12.1 Å². The summed E-state index contributed by atoms with van der Waals surface area (Å²) in [5, 5.41) is 0. The van der Waals surface area contributed by atoms with Gasteiger partial charge in [-0.3, -0.25) is 4.79 Å². The molecule has 5 nitrogen and oxygen atoms in total. The number of nitrogens with zero attached hydrogens (tertiary/aromatic N) is 1. The van der Waals surface area contributed by atoms with Gasteiger partial charge >= 0.3 is 16.3 Å². The summed E-state index contributed by atoms with van der Waals surface area (Å²) in [6.45, 7) is 4.42. The van der Waals surface area contributed by atoms with E-state index < -0.39 is 26.8 Å². The van der Waals surface area contributed by atoms with Gasteiger partial charge in [-0.05, 0) is 62.1 Å². The van der Waals surface area contributed by atoms with Crippen molar-refractivity contribution in [3.05, 3.63) is 59.7 Å². The maximum absolute atomic E-state index is 13.0. The van der Waals surface area contributed by atoms with Gasteiger partial charge in [0.15, 0.2) is 0 Å². The highest BCUT2D eigenvalue weighted by molar-refractivity contribution is 7.87. The number of carbonyl (C=O) groups excluding carboxylic acids is 1. The van der Waals surface area contributed by atoms with Gasteiger partial charge in [-0.15, -0.1) is 0 Å². The van der Waals surface area contributed by atoms with Crippen molar-refractivity contribution in [2.24, 2.45) is 5.92 Å². The maximum Gasteiger partial charge on any atom is 0.416 e. The molecule has 0 radical (unpaired) electrons. The average molecular weight is 484 g/mol. The molecule has 9 heteroatoms. The number of hydrogen-bond acceptors (Lipinski definition) is 4. The van der Waals surface area contributed by atoms with E-state index in [9.17, 15) is 26.4 Å². The van der Waals surface area contributed by atoms with E-state index in [0.717, 1.165) is 55.9 Å². The van der Waals surface area contributed by atoms with Crippen molar-refractivity contribution >= 4 is 16.0 Å². The molecule has 1 atom stereocenters. The van der Waals surface area contributed by atoms with Gasteiger partial charge in [0.05, 0.1) is 5.56 Å². The number of alkyl halides is 3. The van der Waals surface area contributed by atoms with Crippen LogP contribution < -0.4 is 4.18 Å². The van der Waals surface area contributed by atoms with Gasteiger partial charge in [-0.25, -0.2) is 0 Å². The molecule has 33 heavy (non-hydrogen) atoms. The van der Waals surface area contributed by atoms with E-state index in [0.29, 0.717) is 12.6 Å². The molecule has 1 amide bonds. The molecule has 180 valence electrons. The van der Waals surface area contributed by atoms with E-state index in [-0.39, 0.29) is 23.6 Å². The van der Waals surface area contributed by atoms with Crippen LogP contribution in [0.5, 0.6) is 5.75 Å². The third-order valence-corrected chi connectivity index (χ3v) is 7.29. The average Bonchev–Trinajstić information content (AvgIpc) is 3.32. The highest BCUT2D eigenvalue weighted by atomic mass is 32.2. The molecule has 0 saturated heterocycles. The fraction of sp³-hybridized carbons (Fsp3) is 0.458. The lowest BCUT2D eigenvalue weighted by molar-refractivity contribution is -0.138. The summed E-state index contributed by atoms with van der Waals surface area (Å²) in [6, 6.07) is 9.68. The second-order valence-electron chi connectivity index (χ2n) is 8.41. The summed E-state index contributed by atoms with van der Waals surface area (Å²) in [4.78, 5) is 14.3. The van der Waals surface area contributed by atoms with Gasteiger partial charge < -0.3 is 9.08 Å². The molecule has 1 unspecified atom stereocenters. The lowest BCUT2D eigenvalue weighted by atomic mass is 10.0. The van der Waals surface area contributed by atoms with Gasteiger partial charge in [0.1, 0.15) is 10.6 Å². The van der Waals surface area contributed by atoms with Crippen LogP contribution in [-0.4, -0.2) is 25.3 Å². The first-order chi connectivity index (χ1) is 15.5. The minimum Gasteiger partial charge on any atom is -0.379 e. The Morgan fingerprint density at radius 2 is 1.76 bits per heavy atom. The second-order valence-corrected chi connectivity index (χ2v) is 9.96. The van der Waals surface area contributed by atoms with Crippen LogP contribution in [0.15, 0.2) is 53.4 Å². The Kier molecular flexibility index (Phi) is 7.72. The molecule has 0 aliphatic heterocycles. The zero-order valence-corrected chi connectivity index (χ0v) is 19.5. The van der Waals surface area contributed by atoms with E-state index in [1.54, 1.807) is 12.1 Å². The molecular weight excluding hydrogens is 455 g/mol. The predicted molar refractivity (Wildman–Crippen MR) is 118 cm³/mol. The Bertz CT molecular complexity index is 1060. The summed E-state index contributed by atoms with van der Waals surface area (Å²) < 4.78 is 68.7. The van der Waals surface area contributed by atoms with Crippen LogP contribution in [-0.2, 0) is 27.6 Å². The quantitative estimate of drug-likeness (QED) is 0.446. The van der Waals surface area contributed by atoms with E-state index in [4.69, 9.17) is 4.18 Å². The van der Waals surface area contributed by atoms with Crippen LogP contribution in [0.2, 0.25) is 0 Å². The smallest absolute Gasteiger partial charge is 0.379 e. The maximum atomic E-state index is 13.0. The zero-order valence-electron chi connectivity index (χ0n) is 18.6. The SMILES string of the molecule is CCC(C)N(Cc1ccc(OS(=O)(=O)c2cccc(C(F)(F)F)c2)cc1)C(=O)C1CCCC1. The first-order valence-electron chi connectivity index (χ1n) is 11.0. The van der Waals surface area contributed by atoms with Crippen molar-refractivity contribution < 1.29 is 30.6 Å². The van der Waals surface area contributed by atoms with Crippen LogP contribution in [0.4, 0.5) is 13.2 Å². The third kappa shape index (κ3) is 6.28. The van der Waals surface area contributed by atoms with Crippen molar-refractivity contribution in [2.45, 2.75) is 69.6 Å². The third-order valence-electron chi connectivity index (χ3n) is 6.04.